The number of amides is 1. The van der Waals surface area contributed by atoms with Gasteiger partial charge in [0.05, 0.1) is 0 Å². The van der Waals surface area contributed by atoms with E-state index in [1.54, 1.807) is 12.1 Å². The summed E-state index contributed by atoms with van der Waals surface area (Å²) in [5, 5.41) is 14.1. The largest absolute Gasteiger partial charge is 0.369 e. The normalized spacial score (nSPS) is 10.5. The first-order chi connectivity index (χ1) is 10.6. The van der Waals surface area contributed by atoms with Crippen molar-refractivity contribution < 1.29 is 4.79 Å². The monoisotopic (exact) mass is 298 g/mol. The van der Waals surface area contributed by atoms with Gasteiger partial charge in [-0.3, -0.25) is 4.79 Å². The number of rotatable bonds is 6. The standard InChI is InChI=1S/C17H22N4O/c1-12(2)10-11-18-15-8-9-16(21-20-15)19-17(22)14-7-5-4-6-13(14)3/h4-9,12H,10-11H2,1-3H3,(H,18,20)(H,19,21,22). The summed E-state index contributed by atoms with van der Waals surface area (Å²) in [6.45, 7) is 7.12. The fraction of sp³-hybridized carbons (Fsp3) is 0.353. The number of hydrogen-bond acceptors (Lipinski definition) is 4. The van der Waals surface area contributed by atoms with E-state index >= 15 is 0 Å². The van der Waals surface area contributed by atoms with Gasteiger partial charge in [-0.2, -0.15) is 0 Å². The maximum absolute atomic E-state index is 12.2. The van der Waals surface area contributed by atoms with Crippen molar-refractivity contribution in [2.24, 2.45) is 5.92 Å². The predicted octanol–water partition coefficient (Wildman–Crippen LogP) is 3.50. The minimum absolute atomic E-state index is 0.173. The molecule has 2 rings (SSSR count). The van der Waals surface area contributed by atoms with Crippen molar-refractivity contribution in [3.63, 3.8) is 0 Å². The van der Waals surface area contributed by atoms with E-state index in [-0.39, 0.29) is 5.91 Å². The van der Waals surface area contributed by atoms with Gasteiger partial charge in [0.15, 0.2) is 5.82 Å². The summed E-state index contributed by atoms with van der Waals surface area (Å²) in [6.07, 6.45) is 1.08. The molecule has 0 saturated carbocycles. The van der Waals surface area contributed by atoms with Crippen molar-refractivity contribution in [3.05, 3.63) is 47.5 Å². The van der Waals surface area contributed by atoms with E-state index in [0.717, 1.165) is 24.3 Å². The van der Waals surface area contributed by atoms with E-state index < -0.39 is 0 Å². The van der Waals surface area contributed by atoms with Gasteiger partial charge in [0, 0.05) is 12.1 Å². The van der Waals surface area contributed by atoms with Crippen molar-refractivity contribution in [2.45, 2.75) is 27.2 Å². The second kappa shape index (κ2) is 7.54. The van der Waals surface area contributed by atoms with Gasteiger partial charge in [0.1, 0.15) is 5.82 Å². The summed E-state index contributed by atoms with van der Waals surface area (Å²) >= 11 is 0. The van der Waals surface area contributed by atoms with Crippen LogP contribution in [0.1, 0.15) is 36.2 Å². The summed E-state index contributed by atoms with van der Waals surface area (Å²) < 4.78 is 0. The second-order valence-electron chi connectivity index (χ2n) is 5.68. The van der Waals surface area contributed by atoms with E-state index in [1.165, 1.54) is 0 Å². The Labute approximate surface area is 131 Å². The lowest BCUT2D eigenvalue weighted by Gasteiger charge is -2.08. The minimum Gasteiger partial charge on any atom is -0.369 e. The number of carbonyl (C=O) groups excluding carboxylic acids is 1. The molecule has 0 saturated heterocycles. The molecular formula is C17H22N4O. The summed E-state index contributed by atoms with van der Waals surface area (Å²) in [4.78, 5) is 12.2. The molecule has 2 N–H and O–H groups in total. The maximum atomic E-state index is 12.2. The van der Waals surface area contributed by atoms with Crippen LogP contribution in [0.3, 0.4) is 0 Å². The van der Waals surface area contributed by atoms with Gasteiger partial charge < -0.3 is 10.6 Å². The highest BCUT2D eigenvalue weighted by Gasteiger charge is 2.09. The van der Waals surface area contributed by atoms with E-state index in [2.05, 4.69) is 34.7 Å². The van der Waals surface area contributed by atoms with Crippen LogP contribution in [0.5, 0.6) is 0 Å². The first-order valence-electron chi connectivity index (χ1n) is 7.51. The predicted molar refractivity (Wildman–Crippen MR) is 89.1 cm³/mol. The lowest BCUT2D eigenvalue weighted by molar-refractivity contribution is 0.102. The summed E-state index contributed by atoms with van der Waals surface area (Å²) in [5.74, 6) is 1.64. The molecule has 0 aliphatic rings. The summed E-state index contributed by atoms with van der Waals surface area (Å²) in [5.41, 5.74) is 1.57. The van der Waals surface area contributed by atoms with Crippen molar-refractivity contribution in [3.8, 4) is 0 Å². The van der Waals surface area contributed by atoms with E-state index in [4.69, 9.17) is 0 Å². The number of hydrogen-bond donors (Lipinski definition) is 2. The zero-order valence-corrected chi connectivity index (χ0v) is 13.3. The first-order valence-corrected chi connectivity index (χ1v) is 7.51. The molecule has 0 unspecified atom stereocenters. The number of nitrogens with zero attached hydrogens (tertiary/aromatic N) is 2. The molecule has 22 heavy (non-hydrogen) atoms. The van der Waals surface area contributed by atoms with Gasteiger partial charge in [0.25, 0.3) is 5.91 Å². The van der Waals surface area contributed by atoms with Gasteiger partial charge in [-0.1, -0.05) is 32.0 Å². The lowest BCUT2D eigenvalue weighted by atomic mass is 10.1. The number of carbonyl (C=O) groups is 1. The van der Waals surface area contributed by atoms with Gasteiger partial charge in [-0.15, -0.1) is 10.2 Å². The molecular weight excluding hydrogens is 276 g/mol. The smallest absolute Gasteiger partial charge is 0.257 e. The Hall–Kier alpha value is -2.43. The number of nitrogens with one attached hydrogen (secondary N) is 2. The highest BCUT2D eigenvalue weighted by molar-refractivity contribution is 6.04. The molecule has 1 amide bonds. The molecule has 0 fully saturated rings. The van der Waals surface area contributed by atoms with Crippen molar-refractivity contribution in [1.29, 1.82) is 0 Å². The Morgan fingerprint density at radius 1 is 1.09 bits per heavy atom. The fourth-order valence-electron chi connectivity index (χ4n) is 1.99. The molecule has 1 aromatic carbocycles. The van der Waals surface area contributed by atoms with Crippen molar-refractivity contribution >= 4 is 17.5 Å². The lowest BCUT2D eigenvalue weighted by Crippen LogP contribution is -2.15. The van der Waals surface area contributed by atoms with Crippen molar-refractivity contribution in [1.82, 2.24) is 10.2 Å². The maximum Gasteiger partial charge on any atom is 0.257 e. The molecule has 0 radical (unpaired) electrons. The van der Waals surface area contributed by atoms with E-state index in [0.29, 0.717) is 17.3 Å². The number of anilines is 2. The van der Waals surface area contributed by atoms with Crippen LogP contribution >= 0.6 is 0 Å². The Bertz CT molecular complexity index is 623. The second-order valence-corrected chi connectivity index (χ2v) is 5.68. The van der Waals surface area contributed by atoms with Gasteiger partial charge in [0.2, 0.25) is 0 Å². The minimum atomic E-state index is -0.173. The van der Waals surface area contributed by atoms with Crippen LogP contribution in [0, 0.1) is 12.8 Å². The molecule has 0 bridgehead atoms. The van der Waals surface area contributed by atoms with Crippen LogP contribution in [0.25, 0.3) is 0 Å². The summed E-state index contributed by atoms with van der Waals surface area (Å²) in [7, 11) is 0. The highest BCUT2D eigenvalue weighted by atomic mass is 16.1. The molecule has 0 aliphatic heterocycles. The average molecular weight is 298 g/mol. The Morgan fingerprint density at radius 2 is 1.77 bits per heavy atom. The van der Waals surface area contributed by atoms with Crippen LogP contribution in [0.2, 0.25) is 0 Å². The van der Waals surface area contributed by atoms with Crippen LogP contribution in [-0.2, 0) is 0 Å². The van der Waals surface area contributed by atoms with Gasteiger partial charge >= 0.3 is 0 Å². The molecule has 116 valence electrons. The van der Waals surface area contributed by atoms with Crippen LogP contribution < -0.4 is 10.6 Å². The third kappa shape index (κ3) is 4.55. The van der Waals surface area contributed by atoms with Crippen LogP contribution in [0.15, 0.2) is 36.4 Å². The molecule has 5 heteroatoms. The number of benzene rings is 1. The molecule has 0 aliphatic carbocycles. The topological polar surface area (TPSA) is 66.9 Å². The van der Waals surface area contributed by atoms with Gasteiger partial charge in [-0.05, 0) is 43.0 Å². The third-order valence-corrected chi connectivity index (χ3v) is 3.32. The van der Waals surface area contributed by atoms with Crippen LogP contribution in [0.4, 0.5) is 11.6 Å². The fourth-order valence-corrected chi connectivity index (χ4v) is 1.99. The SMILES string of the molecule is Cc1ccccc1C(=O)Nc1ccc(NCCC(C)C)nn1. The Morgan fingerprint density at radius 3 is 2.41 bits per heavy atom. The molecule has 1 aromatic heterocycles. The summed E-state index contributed by atoms with van der Waals surface area (Å²) in [6, 6.07) is 11.0. The average Bonchev–Trinajstić information content (AvgIpc) is 2.49. The third-order valence-electron chi connectivity index (χ3n) is 3.32. The number of aromatic nitrogens is 2. The Kier molecular flexibility index (Phi) is 5.47. The van der Waals surface area contributed by atoms with E-state index in [1.807, 2.05) is 31.2 Å². The molecule has 0 spiro atoms. The highest BCUT2D eigenvalue weighted by Crippen LogP contribution is 2.11. The zero-order valence-electron chi connectivity index (χ0n) is 13.3. The Balaban J connectivity index is 1.94. The first kappa shape index (κ1) is 15.9. The van der Waals surface area contributed by atoms with E-state index in [9.17, 15) is 4.79 Å². The number of aryl methyl sites for hydroxylation is 1. The zero-order chi connectivity index (χ0) is 15.9. The quantitative estimate of drug-likeness (QED) is 0.856. The van der Waals surface area contributed by atoms with Crippen molar-refractivity contribution in [2.75, 3.05) is 17.2 Å². The molecule has 0 atom stereocenters. The molecule has 2 aromatic rings. The molecule has 5 nitrogen and oxygen atoms in total. The molecule has 1 heterocycles. The van der Waals surface area contributed by atoms with Crippen LogP contribution in [-0.4, -0.2) is 22.6 Å². The van der Waals surface area contributed by atoms with Gasteiger partial charge in [-0.25, -0.2) is 0 Å².